The van der Waals surface area contributed by atoms with Gasteiger partial charge in [0.25, 0.3) is 5.91 Å². The predicted octanol–water partition coefficient (Wildman–Crippen LogP) is 3.08. The highest BCUT2D eigenvalue weighted by molar-refractivity contribution is 6.31. The number of hydrogen-bond acceptors (Lipinski definition) is 4. The summed E-state index contributed by atoms with van der Waals surface area (Å²) in [5.41, 5.74) is 2.28. The molecule has 7 heteroatoms. The van der Waals surface area contributed by atoms with Crippen LogP contribution in [0.4, 0.5) is 0 Å². The number of ether oxygens (including phenoxy) is 1. The van der Waals surface area contributed by atoms with E-state index in [1.54, 1.807) is 17.0 Å². The van der Waals surface area contributed by atoms with Gasteiger partial charge in [0.05, 0.1) is 30.2 Å². The molecule has 4 rings (SSSR count). The van der Waals surface area contributed by atoms with Crippen molar-refractivity contribution in [3.8, 4) is 0 Å². The first kappa shape index (κ1) is 17.2. The van der Waals surface area contributed by atoms with Crippen LogP contribution in [0.5, 0.6) is 0 Å². The minimum Gasteiger partial charge on any atom is -0.481 e. The van der Waals surface area contributed by atoms with Gasteiger partial charge in [0.1, 0.15) is 0 Å². The maximum absolute atomic E-state index is 13.2. The number of hydrogen-bond donors (Lipinski definition) is 1. The molecule has 1 aromatic heterocycles. The molecule has 1 atom stereocenters. The molecule has 1 saturated carbocycles. The number of pyridine rings is 1. The van der Waals surface area contributed by atoms with E-state index in [-0.39, 0.29) is 18.9 Å². The normalized spacial score (nSPS) is 20.3. The zero-order valence-electron chi connectivity index (χ0n) is 14.2. The third-order valence-corrected chi connectivity index (χ3v) is 5.08. The molecule has 6 nitrogen and oxygen atoms in total. The van der Waals surface area contributed by atoms with Crippen LogP contribution in [0.25, 0.3) is 10.9 Å². The number of morpholine rings is 1. The smallest absolute Gasteiger partial charge is 0.306 e. The maximum Gasteiger partial charge on any atom is 0.306 e. The van der Waals surface area contributed by atoms with Crippen LogP contribution in [0, 0.1) is 0 Å². The van der Waals surface area contributed by atoms with Crippen molar-refractivity contribution in [1.29, 1.82) is 0 Å². The summed E-state index contributed by atoms with van der Waals surface area (Å²) in [5.74, 6) is -0.632. The van der Waals surface area contributed by atoms with Gasteiger partial charge in [0, 0.05) is 35.1 Å². The van der Waals surface area contributed by atoms with E-state index in [1.807, 2.05) is 12.1 Å². The third kappa shape index (κ3) is 3.52. The molecule has 1 aliphatic heterocycles. The Morgan fingerprint density at radius 3 is 2.85 bits per heavy atom. The summed E-state index contributed by atoms with van der Waals surface area (Å²) in [4.78, 5) is 30.5. The first-order valence-electron chi connectivity index (χ1n) is 8.74. The summed E-state index contributed by atoms with van der Waals surface area (Å²) < 4.78 is 5.48. The fourth-order valence-electron chi connectivity index (χ4n) is 3.38. The SMILES string of the molecule is O=C(O)CC1CN(C(=O)c2cc(C3CC3)nc3ccc(Cl)cc23)CCO1. The number of aromatic nitrogens is 1. The second-order valence-electron chi connectivity index (χ2n) is 6.87. The third-order valence-electron chi connectivity index (χ3n) is 4.84. The largest absolute Gasteiger partial charge is 0.481 e. The average molecular weight is 375 g/mol. The van der Waals surface area contributed by atoms with Crippen LogP contribution in [0.1, 0.15) is 41.2 Å². The number of benzene rings is 1. The molecule has 26 heavy (non-hydrogen) atoms. The Morgan fingerprint density at radius 1 is 1.31 bits per heavy atom. The van der Waals surface area contributed by atoms with Crippen LogP contribution in [0.2, 0.25) is 5.02 Å². The Balaban J connectivity index is 1.69. The number of carbonyl (C=O) groups excluding carboxylic acids is 1. The van der Waals surface area contributed by atoms with Crippen LogP contribution in [-0.4, -0.2) is 52.7 Å². The number of aliphatic carboxylic acids is 1. The maximum atomic E-state index is 13.2. The van der Waals surface area contributed by atoms with Gasteiger partial charge in [-0.25, -0.2) is 0 Å². The molecular weight excluding hydrogens is 356 g/mol. The monoisotopic (exact) mass is 374 g/mol. The molecule has 1 aromatic carbocycles. The molecule has 136 valence electrons. The van der Waals surface area contributed by atoms with E-state index in [2.05, 4.69) is 4.98 Å². The number of nitrogens with zero attached hydrogens (tertiary/aromatic N) is 2. The van der Waals surface area contributed by atoms with Crippen LogP contribution in [-0.2, 0) is 9.53 Å². The molecule has 1 N–H and O–H groups in total. The molecule has 1 amide bonds. The predicted molar refractivity (Wildman–Crippen MR) is 96.6 cm³/mol. The first-order chi connectivity index (χ1) is 12.5. The molecule has 0 spiro atoms. The minimum absolute atomic E-state index is 0.111. The van der Waals surface area contributed by atoms with Gasteiger partial charge in [0.2, 0.25) is 0 Å². The number of carboxylic acids is 1. The molecule has 2 heterocycles. The lowest BCUT2D eigenvalue weighted by Crippen LogP contribution is -2.46. The van der Waals surface area contributed by atoms with E-state index >= 15 is 0 Å². The average Bonchev–Trinajstić information content (AvgIpc) is 3.45. The number of carbonyl (C=O) groups is 2. The fourth-order valence-corrected chi connectivity index (χ4v) is 3.55. The summed E-state index contributed by atoms with van der Waals surface area (Å²) in [6, 6.07) is 7.26. The molecule has 0 bridgehead atoms. The molecule has 1 saturated heterocycles. The van der Waals surface area contributed by atoms with E-state index in [4.69, 9.17) is 21.4 Å². The van der Waals surface area contributed by atoms with Crippen molar-refractivity contribution in [2.45, 2.75) is 31.3 Å². The summed E-state index contributed by atoms with van der Waals surface area (Å²) in [5, 5.41) is 10.3. The highest BCUT2D eigenvalue weighted by Crippen LogP contribution is 2.40. The van der Waals surface area contributed by atoms with Gasteiger partial charge in [0.15, 0.2) is 0 Å². The first-order valence-corrected chi connectivity index (χ1v) is 9.12. The zero-order chi connectivity index (χ0) is 18.3. The Kier molecular flexibility index (Phi) is 4.54. The Morgan fingerprint density at radius 2 is 2.12 bits per heavy atom. The summed E-state index contributed by atoms with van der Waals surface area (Å²) in [7, 11) is 0. The summed E-state index contributed by atoms with van der Waals surface area (Å²) in [6.45, 7) is 1.05. The lowest BCUT2D eigenvalue weighted by Gasteiger charge is -2.32. The highest BCUT2D eigenvalue weighted by atomic mass is 35.5. The Hall–Kier alpha value is -2.18. The van der Waals surface area contributed by atoms with Gasteiger partial charge in [-0.15, -0.1) is 0 Å². The van der Waals surface area contributed by atoms with E-state index in [0.29, 0.717) is 29.7 Å². The van der Waals surface area contributed by atoms with Crippen molar-refractivity contribution in [3.05, 3.63) is 40.5 Å². The fraction of sp³-hybridized carbons (Fsp3) is 0.421. The lowest BCUT2D eigenvalue weighted by atomic mass is 10.0. The Bertz CT molecular complexity index is 881. The van der Waals surface area contributed by atoms with E-state index in [1.165, 1.54) is 0 Å². The zero-order valence-corrected chi connectivity index (χ0v) is 14.9. The summed E-state index contributed by atoms with van der Waals surface area (Å²) in [6.07, 6.45) is 1.60. The van der Waals surface area contributed by atoms with Crippen LogP contribution in [0.15, 0.2) is 24.3 Å². The van der Waals surface area contributed by atoms with Crippen molar-refractivity contribution in [2.75, 3.05) is 19.7 Å². The van der Waals surface area contributed by atoms with Gasteiger partial charge in [-0.1, -0.05) is 11.6 Å². The van der Waals surface area contributed by atoms with Gasteiger partial charge in [-0.3, -0.25) is 14.6 Å². The lowest BCUT2D eigenvalue weighted by molar-refractivity contribution is -0.141. The molecule has 1 unspecified atom stereocenters. The number of rotatable bonds is 4. The van der Waals surface area contributed by atoms with Crippen molar-refractivity contribution in [1.82, 2.24) is 9.88 Å². The molecule has 1 aliphatic carbocycles. The standard InChI is InChI=1S/C19H19ClN2O4/c20-12-3-4-16-14(7-12)15(9-17(21-16)11-1-2-11)19(25)22-5-6-26-13(10-22)8-18(23)24/h3-4,7,9,11,13H,1-2,5-6,8,10H2,(H,23,24). The molecular formula is C19H19ClN2O4. The number of halogens is 1. The number of amides is 1. The molecule has 2 aromatic rings. The minimum atomic E-state index is -0.929. The Labute approximate surface area is 155 Å². The highest BCUT2D eigenvalue weighted by Gasteiger charge is 2.30. The second kappa shape index (κ2) is 6.85. The van der Waals surface area contributed by atoms with E-state index < -0.39 is 12.1 Å². The van der Waals surface area contributed by atoms with Crippen molar-refractivity contribution in [2.24, 2.45) is 0 Å². The van der Waals surface area contributed by atoms with E-state index in [9.17, 15) is 9.59 Å². The second-order valence-corrected chi connectivity index (χ2v) is 7.31. The summed E-state index contributed by atoms with van der Waals surface area (Å²) >= 11 is 6.14. The van der Waals surface area contributed by atoms with E-state index in [0.717, 1.165) is 29.4 Å². The quantitative estimate of drug-likeness (QED) is 0.889. The topological polar surface area (TPSA) is 79.7 Å². The number of carboxylic acid groups (broad SMARTS) is 1. The molecule has 2 aliphatic rings. The molecule has 2 fully saturated rings. The van der Waals surface area contributed by atoms with Crippen LogP contribution < -0.4 is 0 Å². The van der Waals surface area contributed by atoms with Crippen molar-refractivity contribution in [3.63, 3.8) is 0 Å². The number of fused-ring (bicyclic) bond motifs is 1. The van der Waals surface area contributed by atoms with Crippen LogP contribution in [0.3, 0.4) is 0 Å². The van der Waals surface area contributed by atoms with Crippen LogP contribution >= 0.6 is 11.6 Å². The van der Waals surface area contributed by atoms with Crippen molar-refractivity contribution < 1.29 is 19.4 Å². The van der Waals surface area contributed by atoms with Crippen molar-refractivity contribution >= 4 is 34.4 Å². The van der Waals surface area contributed by atoms with Gasteiger partial charge >= 0.3 is 5.97 Å². The van der Waals surface area contributed by atoms with Gasteiger partial charge < -0.3 is 14.7 Å². The molecule has 0 radical (unpaired) electrons. The van der Waals surface area contributed by atoms with Gasteiger partial charge in [-0.05, 0) is 37.1 Å². The van der Waals surface area contributed by atoms with Gasteiger partial charge in [-0.2, -0.15) is 0 Å².